The van der Waals surface area contributed by atoms with Gasteiger partial charge in [0.15, 0.2) is 0 Å². The minimum Gasteiger partial charge on any atom is -0.378 e. The van der Waals surface area contributed by atoms with Gasteiger partial charge in [0.2, 0.25) is 0 Å². The van der Waals surface area contributed by atoms with E-state index in [4.69, 9.17) is 4.74 Å². The third kappa shape index (κ3) is 1.33. The fourth-order valence-corrected chi connectivity index (χ4v) is 1.46. The maximum atomic E-state index is 5.00. The Kier molecular flexibility index (Phi) is 2.06. The largest absolute Gasteiger partial charge is 0.378 e. The van der Waals surface area contributed by atoms with Crippen molar-refractivity contribution in [3.63, 3.8) is 0 Å². The molecule has 0 fully saturated rings. The van der Waals surface area contributed by atoms with E-state index < -0.39 is 0 Å². The molecule has 64 valence electrons. The van der Waals surface area contributed by atoms with Crippen molar-refractivity contribution in [1.82, 2.24) is 10.3 Å². The first kappa shape index (κ1) is 7.71. The molecule has 1 aromatic rings. The standard InChI is InChI=1S/C9H12N2O/c1-12-6-9-2-7-3-10-4-8(7)5-11-9/h2,5,10H,3-4,6H2,1H3. The lowest BCUT2D eigenvalue weighted by atomic mass is 10.1. The molecule has 0 unspecified atom stereocenters. The second-order valence-corrected chi connectivity index (χ2v) is 2.98. The highest BCUT2D eigenvalue weighted by Crippen LogP contribution is 2.14. The van der Waals surface area contributed by atoms with Crippen molar-refractivity contribution in [2.75, 3.05) is 7.11 Å². The molecule has 1 aliphatic rings. The van der Waals surface area contributed by atoms with Crippen LogP contribution >= 0.6 is 0 Å². The molecule has 2 rings (SSSR count). The van der Waals surface area contributed by atoms with Crippen LogP contribution in [0.3, 0.4) is 0 Å². The van der Waals surface area contributed by atoms with E-state index in [1.165, 1.54) is 11.1 Å². The second kappa shape index (κ2) is 3.21. The summed E-state index contributed by atoms with van der Waals surface area (Å²) in [5.41, 5.74) is 3.69. The van der Waals surface area contributed by atoms with E-state index in [9.17, 15) is 0 Å². The third-order valence-electron chi connectivity index (χ3n) is 2.06. The van der Waals surface area contributed by atoms with Gasteiger partial charge in [0, 0.05) is 26.4 Å². The highest BCUT2D eigenvalue weighted by Gasteiger charge is 2.10. The molecule has 0 bridgehead atoms. The SMILES string of the molecule is COCc1cc2c(cn1)CNC2. The summed E-state index contributed by atoms with van der Waals surface area (Å²) in [6.45, 7) is 2.53. The number of nitrogens with zero attached hydrogens (tertiary/aromatic N) is 1. The first-order valence-electron chi connectivity index (χ1n) is 4.06. The fraction of sp³-hybridized carbons (Fsp3) is 0.444. The van der Waals surface area contributed by atoms with E-state index in [0.717, 1.165) is 18.8 Å². The maximum Gasteiger partial charge on any atom is 0.0884 e. The van der Waals surface area contributed by atoms with Gasteiger partial charge in [-0.3, -0.25) is 4.98 Å². The van der Waals surface area contributed by atoms with Crippen molar-refractivity contribution in [3.8, 4) is 0 Å². The van der Waals surface area contributed by atoms with Gasteiger partial charge in [-0.15, -0.1) is 0 Å². The van der Waals surface area contributed by atoms with Crippen LogP contribution in [-0.2, 0) is 24.4 Å². The van der Waals surface area contributed by atoms with Gasteiger partial charge in [-0.2, -0.15) is 0 Å². The Hall–Kier alpha value is -0.930. The minimum atomic E-state index is 0.604. The zero-order valence-corrected chi connectivity index (χ0v) is 7.13. The Morgan fingerprint density at radius 1 is 1.50 bits per heavy atom. The van der Waals surface area contributed by atoms with Crippen LogP contribution in [0.4, 0.5) is 0 Å². The van der Waals surface area contributed by atoms with Crippen LogP contribution < -0.4 is 5.32 Å². The molecule has 1 aliphatic heterocycles. The normalized spacial score (nSPS) is 14.8. The van der Waals surface area contributed by atoms with Crippen molar-refractivity contribution in [2.45, 2.75) is 19.7 Å². The van der Waals surface area contributed by atoms with Gasteiger partial charge in [0.1, 0.15) is 0 Å². The summed E-state index contributed by atoms with van der Waals surface area (Å²) in [4.78, 5) is 4.28. The number of pyridine rings is 1. The molecule has 0 amide bonds. The molecule has 0 atom stereocenters. The van der Waals surface area contributed by atoms with Crippen LogP contribution in [0.15, 0.2) is 12.3 Å². The Labute approximate surface area is 71.8 Å². The van der Waals surface area contributed by atoms with Gasteiger partial charge >= 0.3 is 0 Å². The summed E-state index contributed by atoms with van der Waals surface area (Å²) < 4.78 is 5.00. The zero-order valence-electron chi connectivity index (χ0n) is 7.13. The number of methoxy groups -OCH3 is 1. The Morgan fingerprint density at radius 3 is 3.17 bits per heavy atom. The third-order valence-corrected chi connectivity index (χ3v) is 2.06. The molecule has 3 nitrogen and oxygen atoms in total. The molecule has 0 saturated heterocycles. The predicted octanol–water partition coefficient (Wildman–Crippen LogP) is 0.831. The average molecular weight is 164 g/mol. The molecule has 0 radical (unpaired) electrons. The van der Waals surface area contributed by atoms with E-state index in [2.05, 4.69) is 16.4 Å². The lowest BCUT2D eigenvalue weighted by Crippen LogP contribution is -1.99. The lowest BCUT2D eigenvalue weighted by molar-refractivity contribution is 0.181. The van der Waals surface area contributed by atoms with E-state index in [0.29, 0.717) is 6.61 Å². The zero-order chi connectivity index (χ0) is 8.39. The highest BCUT2D eigenvalue weighted by atomic mass is 16.5. The van der Waals surface area contributed by atoms with Crippen molar-refractivity contribution in [3.05, 3.63) is 29.1 Å². The van der Waals surface area contributed by atoms with Gasteiger partial charge in [-0.1, -0.05) is 0 Å². The first-order chi connectivity index (χ1) is 5.90. The van der Waals surface area contributed by atoms with Crippen molar-refractivity contribution < 1.29 is 4.74 Å². The lowest BCUT2D eigenvalue weighted by Gasteiger charge is -2.01. The molecule has 0 spiro atoms. The van der Waals surface area contributed by atoms with Gasteiger partial charge in [0.05, 0.1) is 12.3 Å². The van der Waals surface area contributed by atoms with Gasteiger partial charge in [0.25, 0.3) is 0 Å². The minimum absolute atomic E-state index is 0.604. The average Bonchev–Trinajstić information content (AvgIpc) is 2.51. The number of hydrogen-bond donors (Lipinski definition) is 1. The molecule has 0 aliphatic carbocycles. The van der Waals surface area contributed by atoms with E-state index in [1.54, 1.807) is 7.11 Å². The maximum absolute atomic E-state index is 5.00. The number of rotatable bonds is 2. The number of hydrogen-bond acceptors (Lipinski definition) is 3. The molecule has 2 heterocycles. The predicted molar refractivity (Wildman–Crippen MR) is 45.5 cm³/mol. The Bertz CT molecular complexity index is 286. The summed E-state index contributed by atoms with van der Waals surface area (Å²) in [6, 6.07) is 2.11. The molecule has 0 saturated carbocycles. The summed E-state index contributed by atoms with van der Waals surface area (Å²) in [5, 5.41) is 3.28. The monoisotopic (exact) mass is 164 g/mol. The van der Waals surface area contributed by atoms with Crippen LogP contribution in [0.5, 0.6) is 0 Å². The second-order valence-electron chi connectivity index (χ2n) is 2.98. The van der Waals surface area contributed by atoms with Crippen molar-refractivity contribution >= 4 is 0 Å². The quantitative estimate of drug-likeness (QED) is 0.703. The van der Waals surface area contributed by atoms with Crippen LogP contribution in [0.25, 0.3) is 0 Å². The van der Waals surface area contributed by atoms with Crippen LogP contribution in [0.2, 0.25) is 0 Å². The molecule has 1 N–H and O–H groups in total. The molecule has 0 aromatic carbocycles. The Morgan fingerprint density at radius 2 is 2.33 bits per heavy atom. The van der Waals surface area contributed by atoms with Gasteiger partial charge < -0.3 is 10.1 Å². The van der Waals surface area contributed by atoms with E-state index in [1.807, 2.05) is 6.20 Å². The van der Waals surface area contributed by atoms with Crippen LogP contribution in [0, 0.1) is 0 Å². The van der Waals surface area contributed by atoms with Crippen molar-refractivity contribution in [2.24, 2.45) is 0 Å². The fourth-order valence-electron chi connectivity index (χ4n) is 1.46. The number of fused-ring (bicyclic) bond motifs is 1. The summed E-state index contributed by atoms with van der Waals surface area (Å²) in [6.07, 6.45) is 1.93. The highest BCUT2D eigenvalue weighted by molar-refractivity contribution is 5.29. The Balaban J connectivity index is 2.26. The summed E-state index contributed by atoms with van der Waals surface area (Å²) in [5.74, 6) is 0. The molecule has 3 heteroatoms. The van der Waals surface area contributed by atoms with Crippen LogP contribution in [-0.4, -0.2) is 12.1 Å². The number of nitrogens with one attached hydrogen (secondary N) is 1. The molecular formula is C9H12N2O. The molecular weight excluding hydrogens is 152 g/mol. The smallest absolute Gasteiger partial charge is 0.0884 e. The van der Waals surface area contributed by atoms with Gasteiger partial charge in [-0.25, -0.2) is 0 Å². The molecule has 1 aromatic heterocycles. The first-order valence-corrected chi connectivity index (χ1v) is 4.06. The molecule has 12 heavy (non-hydrogen) atoms. The summed E-state index contributed by atoms with van der Waals surface area (Å²) in [7, 11) is 1.69. The van der Waals surface area contributed by atoms with Gasteiger partial charge in [-0.05, 0) is 17.2 Å². The topological polar surface area (TPSA) is 34.1 Å². The van der Waals surface area contributed by atoms with E-state index in [-0.39, 0.29) is 0 Å². The number of ether oxygens (including phenoxy) is 1. The number of aromatic nitrogens is 1. The van der Waals surface area contributed by atoms with Crippen LogP contribution in [0.1, 0.15) is 16.8 Å². The van der Waals surface area contributed by atoms with Crippen molar-refractivity contribution in [1.29, 1.82) is 0 Å². The summed E-state index contributed by atoms with van der Waals surface area (Å²) >= 11 is 0. The van der Waals surface area contributed by atoms with E-state index >= 15 is 0 Å².